The minimum absolute atomic E-state index is 0.630. The highest BCUT2D eigenvalue weighted by atomic mass is 15.1. The minimum atomic E-state index is 0.630. The van der Waals surface area contributed by atoms with Crippen molar-refractivity contribution in [2.45, 2.75) is 25.4 Å². The van der Waals surface area contributed by atoms with E-state index in [1.54, 1.807) is 0 Å². The van der Waals surface area contributed by atoms with E-state index in [0.29, 0.717) is 12.5 Å². The van der Waals surface area contributed by atoms with Crippen LogP contribution in [0.15, 0.2) is 54.6 Å². The third-order valence-corrected chi connectivity index (χ3v) is 4.21. The van der Waals surface area contributed by atoms with Crippen molar-refractivity contribution in [2.75, 3.05) is 13.1 Å². The highest BCUT2D eigenvalue weighted by Gasteiger charge is 2.23. The summed E-state index contributed by atoms with van der Waals surface area (Å²) in [4.78, 5) is 2.55. The van der Waals surface area contributed by atoms with Gasteiger partial charge in [-0.05, 0) is 35.6 Å². The number of likely N-dealkylation sites (tertiary alicyclic amines) is 1. The lowest BCUT2D eigenvalue weighted by atomic mass is 9.97. The number of nitrogens with two attached hydrogens (primary N) is 1. The Balaban J connectivity index is 1.61. The molecule has 1 fully saturated rings. The molecule has 0 amide bonds. The fourth-order valence-electron chi connectivity index (χ4n) is 3.02. The molecule has 104 valence electrons. The number of benzene rings is 2. The Hall–Kier alpha value is -1.64. The zero-order valence-corrected chi connectivity index (χ0v) is 11.8. The predicted molar refractivity (Wildman–Crippen MR) is 83.4 cm³/mol. The standard InChI is InChI=1S/C18H22N2/c19-12-15-6-8-17(9-7-15)18-10-11-20(14-18)13-16-4-2-1-3-5-16/h1-9,18H,10-14,19H2. The Bertz CT molecular complexity index is 533. The van der Waals surface area contributed by atoms with Crippen molar-refractivity contribution in [1.29, 1.82) is 0 Å². The van der Waals surface area contributed by atoms with Crippen LogP contribution in [0.1, 0.15) is 29.0 Å². The van der Waals surface area contributed by atoms with E-state index in [2.05, 4.69) is 59.5 Å². The van der Waals surface area contributed by atoms with Gasteiger partial charge in [-0.2, -0.15) is 0 Å². The molecule has 2 N–H and O–H groups in total. The number of hydrogen-bond donors (Lipinski definition) is 1. The van der Waals surface area contributed by atoms with Gasteiger partial charge in [0.05, 0.1) is 0 Å². The normalized spacial score (nSPS) is 19.4. The molecule has 0 saturated carbocycles. The molecule has 0 radical (unpaired) electrons. The van der Waals surface area contributed by atoms with Gasteiger partial charge in [0.25, 0.3) is 0 Å². The first-order valence-electron chi connectivity index (χ1n) is 7.40. The lowest BCUT2D eigenvalue weighted by molar-refractivity contribution is 0.327. The zero-order chi connectivity index (χ0) is 13.8. The fourth-order valence-corrected chi connectivity index (χ4v) is 3.02. The van der Waals surface area contributed by atoms with Gasteiger partial charge in [-0.15, -0.1) is 0 Å². The molecular weight excluding hydrogens is 244 g/mol. The Labute approximate surface area is 121 Å². The average Bonchev–Trinajstić information content (AvgIpc) is 2.97. The van der Waals surface area contributed by atoms with Crippen LogP contribution in [-0.2, 0) is 13.1 Å². The maximum atomic E-state index is 5.65. The van der Waals surface area contributed by atoms with Crippen LogP contribution in [0.5, 0.6) is 0 Å². The van der Waals surface area contributed by atoms with Crippen LogP contribution in [0.3, 0.4) is 0 Å². The van der Waals surface area contributed by atoms with Crippen LogP contribution in [0.4, 0.5) is 0 Å². The maximum absolute atomic E-state index is 5.65. The molecule has 1 atom stereocenters. The van der Waals surface area contributed by atoms with E-state index in [1.165, 1.54) is 29.7 Å². The molecule has 1 heterocycles. The predicted octanol–water partition coefficient (Wildman–Crippen LogP) is 3.13. The van der Waals surface area contributed by atoms with Crippen molar-refractivity contribution in [3.63, 3.8) is 0 Å². The lowest BCUT2D eigenvalue weighted by Crippen LogP contribution is -2.19. The monoisotopic (exact) mass is 266 g/mol. The van der Waals surface area contributed by atoms with E-state index in [1.807, 2.05) is 0 Å². The third kappa shape index (κ3) is 3.09. The SMILES string of the molecule is NCc1ccc(C2CCN(Cc3ccccc3)C2)cc1. The van der Waals surface area contributed by atoms with Crippen molar-refractivity contribution in [1.82, 2.24) is 4.90 Å². The van der Waals surface area contributed by atoms with Gasteiger partial charge in [0, 0.05) is 19.6 Å². The largest absolute Gasteiger partial charge is 0.326 e. The molecule has 1 saturated heterocycles. The Morgan fingerprint density at radius 2 is 1.70 bits per heavy atom. The van der Waals surface area contributed by atoms with Gasteiger partial charge in [-0.25, -0.2) is 0 Å². The van der Waals surface area contributed by atoms with Gasteiger partial charge in [0.2, 0.25) is 0 Å². The quantitative estimate of drug-likeness (QED) is 0.921. The summed E-state index contributed by atoms with van der Waals surface area (Å²) in [5, 5.41) is 0. The van der Waals surface area contributed by atoms with E-state index in [4.69, 9.17) is 5.73 Å². The van der Waals surface area contributed by atoms with Gasteiger partial charge in [0.15, 0.2) is 0 Å². The molecule has 0 bridgehead atoms. The highest BCUT2D eigenvalue weighted by molar-refractivity contribution is 5.26. The number of nitrogens with zero attached hydrogens (tertiary/aromatic N) is 1. The van der Waals surface area contributed by atoms with Gasteiger partial charge in [0.1, 0.15) is 0 Å². The summed E-state index contributed by atoms with van der Waals surface area (Å²) in [7, 11) is 0. The van der Waals surface area contributed by atoms with E-state index >= 15 is 0 Å². The summed E-state index contributed by atoms with van der Waals surface area (Å²) in [5.74, 6) is 0.672. The van der Waals surface area contributed by atoms with E-state index in [-0.39, 0.29) is 0 Å². The van der Waals surface area contributed by atoms with Crippen molar-refractivity contribution >= 4 is 0 Å². The summed E-state index contributed by atoms with van der Waals surface area (Å²) in [6.45, 7) is 4.05. The van der Waals surface area contributed by atoms with Crippen molar-refractivity contribution in [2.24, 2.45) is 5.73 Å². The summed E-state index contributed by atoms with van der Waals surface area (Å²) in [6.07, 6.45) is 1.26. The second-order valence-electron chi connectivity index (χ2n) is 5.65. The second-order valence-corrected chi connectivity index (χ2v) is 5.65. The minimum Gasteiger partial charge on any atom is -0.326 e. The van der Waals surface area contributed by atoms with Crippen LogP contribution < -0.4 is 5.73 Å². The van der Waals surface area contributed by atoms with Crippen LogP contribution in [-0.4, -0.2) is 18.0 Å². The highest BCUT2D eigenvalue weighted by Crippen LogP contribution is 2.28. The van der Waals surface area contributed by atoms with Gasteiger partial charge in [-0.3, -0.25) is 4.90 Å². The summed E-state index contributed by atoms with van der Waals surface area (Å²) >= 11 is 0. The van der Waals surface area contributed by atoms with Crippen molar-refractivity contribution in [3.05, 3.63) is 71.3 Å². The Morgan fingerprint density at radius 3 is 2.40 bits per heavy atom. The molecule has 1 aliphatic heterocycles. The molecule has 2 nitrogen and oxygen atoms in total. The molecule has 2 heteroatoms. The first-order valence-corrected chi connectivity index (χ1v) is 7.40. The van der Waals surface area contributed by atoms with Gasteiger partial charge >= 0.3 is 0 Å². The molecule has 1 aliphatic rings. The summed E-state index contributed by atoms with van der Waals surface area (Å²) in [5.41, 5.74) is 9.73. The number of rotatable bonds is 4. The molecule has 0 aliphatic carbocycles. The average molecular weight is 266 g/mol. The third-order valence-electron chi connectivity index (χ3n) is 4.21. The smallest absolute Gasteiger partial charge is 0.0233 e. The van der Waals surface area contributed by atoms with Gasteiger partial charge in [-0.1, -0.05) is 54.6 Å². The first kappa shape index (κ1) is 13.3. The lowest BCUT2D eigenvalue weighted by Gasteiger charge is -2.16. The molecule has 3 rings (SSSR count). The fraction of sp³-hybridized carbons (Fsp3) is 0.333. The van der Waals surface area contributed by atoms with E-state index in [9.17, 15) is 0 Å². The van der Waals surface area contributed by atoms with Crippen molar-refractivity contribution in [3.8, 4) is 0 Å². The zero-order valence-electron chi connectivity index (χ0n) is 11.8. The molecule has 2 aromatic carbocycles. The van der Waals surface area contributed by atoms with Crippen LogP contribution in [0, 0.1) is 0 Å². The Morgan fingerprint density at radius 1 is 0.950 bits per heavy atom. The second kappa shape index (κ2) is 6.21. The molecule has 2 aromatic rings. The van der Waals surface area contributed by atoms with Crippen molar-refractivity contribution < 1.29 is 0 Å². The molecule has 20 heavy (non-hydrogen) atoms. The first-order chi connectivity index (χ1) is 9.85. The molecular formula is C18H22N2. The van der Waals surface area contributed by atoms with Crippen LogP contribution in [0.25, 0.3) is 0 Å². The van der Waals surface area contributed by atoms with E-state index in [0.717, 1.165) is 13.1 Å². The van der Waals surface area contributed by atoms with Crippen LogP contribution >= 0.6 is 0 Å². The van der Waals surface area contributed by atoms with Gasteiger partial charge < -0.3 is 5.73 Å². The Kier molecular flexibility index (Phi) is 4.14. The maximum Gasteiger partial charge on any atom is 0.0233 e. The summed E-state index contributed by atoms with van der Waals surface area (Å²) < 4.78 is 0. The molecule has 0 aromatic heterocycles. The molecule has 0 spiro atoms. The summed E-state index contributed by atoms with van der Waals surface area (Å²) in [6, 6.07) is 19.6. The van der Waals surface area contributed by atoms with Crippen LogP contribution in [0.2, 0.25) is 0 Å². The van der Waals surface area contributed by atoms with E-state index < -0.39 is 0 Å². The topological polar surface area (TPSA) is 29.3 Å². The number of hydrogen-bond acceptors (Lipinski definition) is 2. The molecule has 1 unspecified atom stereocenters.